The Labute approximate surface area is 217 Å². The van der Waals surface area contributed by atoms with Gasteiger partial charge in [0, 0.05) is 48.6 Å². The van der Waals surface area contributed by atoms with Crippen LogP contribution in [0.3, 0.4) is 0 Å². The topological polar surface area (TPSA) is 91.6 Å². The van der Waals surface area contributed by atoms with Crippen molar-refractivity contribution in [3.05, 3.63) is 51.5 Å². The van der Waals surface area contributed by atoms with Crippen LogP contribution in [0.25, 0.3) is 0 Å². The molecule has 3 unspecified atom stereocenters. The molecule has 0 spiro atoms. The number of hydrogen-bond donors (Lipinski definition) is 2. The summed E-state index contributed by atoms with van der Waals surface area (Å²) in [5.74, 6) is 0.611. The quantitative estimate of drug-likeness (QED) is 0.563. The predicted molar refractivity (Wildman–Crippen MR) is 139 cm³/mol. The Morgan fingerprint density at radius 1 is 1.23 bits per heavy atom. The fourth-order valence-electron chi connectivity index (χ4n) is 6.39. The number of fused-ring (bicyclic) bond motifs is 1. The van der Waals surface area contributed by atoms with Crippen LogP contribution in [0.15, 0.2) is 46.0 Å². The Balaban J connectivity index is 1.39. The van der Waals surface area contributed by atoms with Crippen LogP contribution >= 0.6 is 15.9 Å². The van der Waals surface area contributed by atoms with Crippen LogP contribution in [0, 0.1) is 17.3 Å². The lowest BCUT2D eigenvalue weighted by molar-refractivity contribution is -0.128. The average Bonchev–Trinajstić information content (AvgIpc) is 3.16. The van der Waals surface area contributed by atoms with Crippen LogP contribution in [-0.2, 0) is 4.79 Å². The highest BCUT2D eigenvalue weighted by molar-refractivity contribution is 9.10. The fourth-order valence-corrected chi connectivity index (χ4v) is 6.75. The van der Waals surface area contributed by atoms with Crippen molar-refractivity contribution >= 4 is 35.6 Å². The molecular weight excluding hydrogens is 505 g/mol. The SMILES string of the molecule is [B]C1C=C(N)C(NC[C@@H]2C3C(CN2C(=O)c2cncc(Br)c2)C3(C)C)=C(C(=O)N2CCCCC2)C1. The zero-order valence-electron chi connectivity index (χ0n) is 20.5. The van der Waals surface area contributed by atoms with Crippen molar-refractivity contribution in [3.63, 3.8) is 0 Å². The standard InChI is InChI=1S/C26H33BBrN5O2/c1-26(2)19-14-33(24(34)15-8-17(28)12-30-11-15)21(22(19)26)13-31-23-18(9-16(27)10-20(23)29)25(35)32-6-4-3-5-7-32/h8,10-12,16,19,21-22,31H,3-7,9,13-14,29H2,1-2H3/t16?,19?,21-,22?/m1/s1. The minimum atomic E-state index is -0.273. The molecule has 7 nitrogen and oxygen atoms in total. The predicted octanol–water partition coefficient (Wildman–Crippen LogP) is 3.00. The Kier molecular flexibility index (Phi) is 6.49. The van der Waals surface area contributed by atoms with Gasteiger partial charge in [-0.25, -0.2) is 0 Å². The van der Waals surface area contributed by atoms with Crippen LogP contribution in [0.2, 0.25) is 5.82 Å². The zero-order chi connectivity index (χ0) is 24.9. The number of halogens is 1. The number of carbonyl (C=O) groups excluding carboxylic acids is 2. The van der Waals surface area contributed by atoms with Crippen molar-refractivity contribution in [1.82, 2.24) is 20.1 Å². The van der Waals surface area contributed by atoms with E-state index in [2.05, 4.69) is 40.1 Å². The molecule has 4 aliphatic rings. The maximum atomic E-state index is 13.4. The largest absolute Gasteiger partial charge is 0.397 e. The lowest BCUT2D eigenvalue weighted by Gasteiger charge is -2.34. The molecular formula is C26H33BBrN5O2. The highest BCUT2D eigenvalue weighted by Gasteiger charge is 2.67. The summed E-state index contributed by atoms with van der Waals surface area (Å²) < 4.78 is 0.783. The van der Waals surface area contributed by atoms with Gasteiger partial charge in [-0.3, -0.25) is 14.6 Å². The number of piperidine rings is 2. The molecule has 1 aromatic rings. The molecule has 2 saturated heterocycles. The van der Waals surface area contributed by atoms with Crippen molar-refractivity contribution in [2.75, 3.05) is 26.2 Å². The molecule has 2 aliphatic carbocycles. The first kappa shape index (κ1) is 24.4. The zero-order valence-corrected chi connectivity index (χ0v) is 22.1. The lowest BCUT2D eigenvalue weighted by Crippen LogP contribution is -2.47. The van der Waals surface area contributed by atoms with Crippen molar-refractivity contribution in [2.45, 2.75) is 51.4 Å². The molecule has 2 aliphatic heterocycles. The molecule has 2 radical (unpaired) electrons. The molecule has 9 heteroatoms. The van der Waals surface area contributed by atoms with E-state index >= 15 is 0 Å². The number of aromatic nitrogens is 1. The van der Waals surface area contributed by atoms with Gasteiger partial charge in [0.2, 0.25) is 0 Å². The number of allylic oxidation sites excluding steroid dienone is 1. The van der Waals surface area contributed by atoms with Crippen molar-refractivity contribution in [1.29, 1.82) is 0 Å². The first-order valence-electron chi connectivity index (χ1n) is 12.6. The van der Waals surface area contributed by atoms with Crippen molar-refractivity contribution < 1.29 is 9.59 Å². The van der Waals surface area contributed by atoms with Crippen LogP contribution in [0.4, 0.5) is 0 Å². The average molecular weight is 538 g/mol. The molecule has 0 bridgehead atoms. The number of nitrogens with one attached hydrogen (secondary N) is 1. The fraction of sp³-hybridized carbons (Fsp3) is 0.577. The summed E-state index contributed by atoms with van der Waals surface area (Å²) in [6.07, 6.45) is 8.80. The first-order chi connectivity index (χ1) is 16.7. The Morgan fingerprint density at radius 3 is 2.69 bits per heavy atom. The molecule has 0 aromatic carbocycles. The summed E-state index contributed by atoms with van der Waals surface area (Å²) in [7, 11) is 6.21. The molecule has 35 heavy (non-hydrogen) atoms. The summed E-state index contributed by atoms with van der Waals surface area (Å²) in [6.45, 7) is 7.36. The second-order valence-corrected chi connectivity index (χ2v) is 11.9. The Morgan fingerprint density at radius 2 is 1.97 bits per heavy atom. The number of amides is 2. The summed E-state index contributed by atoms with van der Waals surface area (Å²) in [5, 5.41) is 3.51. The van der Waals surface area contributed by atoms with E-state index in [1.165, 1.54) is 0 Å². The molecule has 3 heterocycles. The van der Waals surface area contributed by atoms with E-state index in [4.69, 9.17) is 13.6 Å². The highest BCUT2D eigenvalue weighted by atomic mass is 79.9. The van der Waals surface area contributed by atoms with Crippen LogP contribution in [0.1, 0.15) is 49.9 Å². The van der Waals surface area contributed by atoms with Gasteiger partial charge >= 0.3 is 0 Å². The van der Waals surface area contributed by atoms with E-state index in [1.54, 1.807) is 12.4 Å². The lowest BCUT2D eigenvalue weighted by atomic mass is 9.77. The van der Waals surface area contributed by atoms with Gasteiger partial charge in [0.05, 0.1) is 30.8 Å². The molecule has 1 saturated carbocycles. The third-order valence-corrected chi connectivity index (χ3v) is 8.81. The normalized spacial score (nSPS) is 29.5. The molecule has 4 atom stereocenters. The number of carbonyl (C=O) groups is 2. The molecule has 1 aromatic heterocycles. The van der Waals surface area contributed by atoms with E-state index in [9.17, 15) is 9.59 Å². The van der Waals surface area contributed by atoms with Gasteiger partial charge in [0.25, 0.3) is 11.8 Å². The van der Waals surface area contributed by atoms with E-state index < -0.39 is 0 Å². The minimum Gasteiger partial charge on any atom is -0.397 e. The second-order valence-electron chi connectivity index (χ2n) is 10.9. The molecule has 184 valence electrons. The van der Waals surface area contributed by atoms with Crippen molar-refractivity contribution in [3.8, 4) is 0 Å². The number of nitrogens with zero attached hydrogens (tertiary/aromatic N) is 3. The number of nitrogens with two attached hydrogens (primary N) is 1. The number of likely N-dealkylation sites (tertiary alicyclic amines) is 2. The number of hydrogen-bond acceptors (Lipinski definition) is 5. The Hall–Kier alpha value is -2.29. The van der Waals surface area contributed by atoms with Gasteiger partial charge < -0.3 is 20.9 Å². The summed E-state index contributed by atoms with van der Waals surface area (Å²) in [6, 6.07) is 1.82. The minimum absolute atomic E-state index is 0.00344. The summed E-state index contributed by atoms with van der Waals surface area (Å²) in [4.78, 5) is 34.9. The van der Waals surface area contributed by atoms with E-state index in [1.807, 2.05) is 21.9 Å². The van der Waals surface area contributed by atoms with Gasteiger partial charge in [0.15, 0.2) is 0 Å². The van der Waals surface area contributed by atoms with E-state index in [0.717, 1.165) is 43.4 Å². The molecule has 5 rings (SSSR count). The monoisotopic (exact) mass is 537 g/mol. The summed E-state index contributed by atoms with van der Waals surface area (Å²) in [5.41, 5.74) is 9.04. The van der Waals surface area contributed by atoms with Gasteiger partial charge in [0.1, 0.15) is 0 Å². The van der Waals surface area contributed by atoms with Gasteiger partial charge in [-0.1, -0.05) is 25.7 Å². The third kappa shape index (κ3) is 4.52. The van der Waals surface area contributed by atoms with Gasteiger partial charge in [-0.2, -0.15) is 0 Å². The van der Waals surface area contributed by atoms with Gasteiger partial charge in [-0.15, -0.1) is 0 Å². The molecule has 3 N–H and O–H groups in total. The molecule has 3 fully saturated rings. The van der Waals surface area contributed by atoms with Gasteiger partial charge in [-0.05, 0) is 64.9 Å². The number of rotatable bonds is 5. The van der Waals surface area contributed by atoms with Crippen LogP contribution in [0.5, 0.6) is 0 Å². The number of pyridine rings is 1. The van der Waals surface area contributed by atoms with Crippen molar-refractivity contribution in [2.24, 2.45) is 23.0 Å². The van der Waals surface area contributed by atoms with E-state index in [-0.39, 0.29) is 29.1 Å². The second kappa shape index (κ2) is 9.30. The third-order valence-electron chi connectivity index (χ3n) is 8.37. The van der Waals surface area contributed by atoms with Crippen LogP contribution < -0.4 is 11.1 Å². The smallest absolute Gasteiger partial charge is 0.255 e. The van der Waals surface area contributed by atoms with E-state index in [0.29, 0.717) is 47.3 Å². The maximum Gasteiger partial charge on any atom is 0.255 e. The Bertz CT molecular complexity index is 1100. The highest BCUT2D eigenvalue weighted by Crippen LogP contribution is 2.64. The first-order valence-corrected chi connectivity index (χ1v) is 13.4. The molecule has 2 amide bonds. The summed E-state index contributed by atoms with van der Waals surface area (Å²) >= 11 is 3.42. The van der Waals surface area contributed by atoms with Crippen LogP contribution in [-0.4, -0.2) is 66.7 Å². The maximum absolute atomic E-state index is 13.4.